The fourth-order valence-corrected chi connectivity index (χ4v) is 5.58. The summed E-state index contributed by atoms with van der Waals surface area (Å²) in [5.74, 6) is -2.94. The lowest BCUT2D eigenvalue weighted by atomic mass is 10.0. The Balaban J connectivity index is 2.06. The molecule has 10 heteroatoms. The minimum atomic E-state index is -4.39. The fourth-order valence-electron chi connectivity index (χ4n) is 3.82. The van der Waals surface area contributed by atoms with Crippen LogP contribution >= 0.6 is 11.6 Å². The third-order valence-electron chi connectivity index (χ3n) is 5.80. The number of ether oxygens (including phenoxy) is 1. The summed E-state index contributed by atoms with van der Waals surface area (Å²) in [5, 5.41) is 9.59. The van der Waals surface area contributed by atoms with Gasteiger partial charge in [-0.25, -0.2) is 17.2 Å². The maximum atomic E-state index is 14.9. The van der Waals surface area contributed by atoms with E-state index in [0.29, 0.717) is 22.8 Å². The Morgan fingerprint density at radius 2 is 1.75 bits per heavy atom. The number of carboxylic acid groups (broad SMARTS) is 1. The topological polar surface area (TPSA) is 83.9 Å². The first kappa shape index (κ1) is 27.4. The lowest BCUT2D eigenvalue weighted by molar-refractivity contribution is -0.142. The largest absolute Gasteiger partial charge is 0.493 e. The summed E-state index contributed by atoms with van der Waals surface area (Å²) >= 11 is 5.91. The third kappa shape index (κ3) is 6.14. The van der Waals surface area contributed by atoms with Gasteiger partial charge in [-0.1, -0.05) is 36.7 Å². The molecule has 3 aromatic carbocycles. The predicted octanol–water partition coefficient (Wildman–Crippen LogP) is 6.45. The second-order valence-electron chi connectivity index (χ2n) is 8.14. The smallest absolute Gasteiger partial charge is 0.306 e. The molecule has 0 amide bonds. The minimum absolute atomic E-state index is 0.0762. The van der Waals surface area contributed by atoms with Gasteiger partial charge in [0, 0.05) is 16.7 Å². The number of rotatable bonds is 11. The van der Waals surface area contributed by atoms with Crippen LogP contribution in [0.3, 0.4) is 0 Å². The number of sulfonamides is 1. The zero-order chi connectivity index (χ0) is 26.5. The standard InChI is InChI=1S/C26H26ClF2NO5S/c1-3-18(26(31)32)14-15-35-25-7-5-4-6-22(25)17(2)30(24-16-20(28)10-13-23(24)29)36(33,34)21-11-8-19(27)9-12-21/h4-13,16-18H,3,14-15H2,1-2H3,(H,31,32). The van der Waals surface area contributed by atoms with Crippen LogP contribution in [0.4, 0.5) is 14.5 Å². The van der Waals surface area contributed by atoms with Crippen LogP contribution in [0.25, 0.3) is 0 Å². The summed E-state index contributed by atoms with van der Waals surface area (Å²) in [6.45, 7) is 3.38. The summed E-state index contributed by atoms with van der Waals surface area (Å²) < 4.78 is 63.2. The van der Waals surface area contributed by atoms with Crippen LogP contribution in [0.2, 0.25) is 5.02 Å². The van der Waals surface area contributed by atoms with Crippen molar-refractivity contribution in [2.24, 2.45) is 5.92 Å². The van der Waals surface area contributed by atoms with E-state index in [2.05, 4.69) is 0 Å². The fraction of sp³-hybridized carbons (Fsp3) is 0.269. The maximum Gasteiger partial charge on any atom is 0.306 e. The molecule has 0 spiro atoms. The normalized spacial score (nSPS) is 13.1. The van der Waals surface area contributed by atoms with Crippen LogP contribution in [0.15, 0.2) is 71.6 Å². The average molecular weight is 538 g/mol. The van der Waals surface area contributed by atoms with Crippen LogP contribution in [-0.2, 0) is 14.8 Å². The molecule has 2 unspecified atom stereocenters. The molecule has 0 fully saturated rings. The van der Waals surface area contributed by atoms with E-state index in [4.69, 9.17) is 16.3 Å². The van der Waals surface area contributed by atoms with Crippen LogP contribution in [0.5, 0.6) is 5.75 Å². The Kier molecular flexibility index (Phi) is 8.92. The van der Waals surface area contributed by atoms with Gasteiger partial charge in [-0.15, -0.1) is 0 Å². The number of benzene rings is 3. The summed E-state index contributed by atoms with van der Waals surface area (Å²) in [7, 11) is -4.39. The molecule has 6 nitrogen and oxygen atoms in total. The van der Waals surface area contributed by atoms with E-state index in [1.54, 1.807) is 31.2 Å². The Hall–Kier alpha value is -3.17. The predicted molar refractivity (Wildman–Crippen MR) is 134 cm³/mol. The molecule has 3 rings (SSSR count). The molecular formula is C26H26ClF2NO5S. The number of carboxylic acids is 1. The Morgan fingerprint density at radius 3 is 2.39 bits per heavy atom. The van der Waals surface area contributed by atoms with Gasteiger partial charge in [-0.2, -0.15) is 0 Å². The van der Waals surface area contributed by atoms with Crippen LogP contribution in [0.1, 0.15) is 38.3 Å². The van der Waals surface area contributed by atoms with Crippen molar-refractivity contribution in [2.75, 3.05) is 10.9 Å². The molecule has 0 aromatic heterocycles. The van der Waals surface area contributed by atoms with Gasteiger partial charge in [0.15, 0.2) is 0 Å². The van der Waals surface area contributed by atoms with Crippen molar-refractivity contribution in [2.45, 2.75) is 37.6 Å². The summed E-state index contributed by atoms with van der Waals surface area (Å²) in [6, 6.07) is 13.5. The molecule has 36 heavy (non-hydrogen) atoms. The highest BCUT2D eigenvalue weighted by molar-refractivity contribution is 7.92. The number of hydrogen-bond donors (Lipinski definition) is 1. The van der Waals surface area contributed by atoms with E-state index in [-0.39, 0.29) is 17.9 Å². The summed E-state index contributed by atoms with van der Waals surface area (Å²) in [6.07, 6.45) is 0.683. The van der Waals surface area contributed by atoms with Gasteiger partial charge in [-0.3, -0.25) is 9.10 Å². The van der Waals surface area contributed by atoms with Gasteiger partial charge in [0.1, 0.15) is 17.4 Å². The van der Waals surface area contributed by atoms with Crippen LogP contribution in [0, 0.1) is 17.6 Å². The maximum absolute atomic E-state index is 14.9. The minimum Gasteiger partial charge on any atom is -0.493 e. The van der Waals surface area contributed by atoms with Gasteiger partial charge in [-0.05, 0) is 62.2 Å². The molecule has 0 aliphatic heterocycles. The quantitative estimate of drug-likeness (QED) is 0.304. The molecular weight excluding hydrogens is 512 g/mol. The van der Waals surface area contributed by atoms with Gasteiger partial charge in [0.25, 0.3) is 10.0 Å². The average Bonchev–Trinajstić information content (AvgIpc) is 2.84. The molecule has 2 atom stereocenters. The zero-order valence-electron chi connectivity index (χ0n) is 19.7. The highest BCUT2D eigenvalue weighted by atomic mass is 35.5. The summed E-state index contributed by atoms with van der Waals surface area (Å²) in [4.78, 5) is 11.2. The molecule has 0 heterocycles. The van der Waals surface area contributed by atoms with E-state index < -0.39 is 45.3 Å². The lowest BCUT2D eigenvalue weighted by Crippen LogP contribution is -2.34. The number of para-hydroxylation sites is 1. The number of aliphatic carboxylic acids is 1. The molecule has 1 N–H and O–H groups in total. The van der Waals surface area contributed by atoms with Gasteiger partial charge < -0.3 is 9.84 Å². The summed E-state index contributed by atoms with van der Waals surface area (Å²) in [5.41, 5.74) is -0.0775. The van der Waals surface area contributed by atoms with Gasteiger partial charge >= 0.3 is 5.97 Å². The Morgan fingerprint density at radius 1 is 1.08 bits per heavy atom. The molecule has 0 saturated heterocycles. The number of carbonyl (C=O) groups is 1. The molecule has 0 saturated carbocycles. The van der Waals surface area contributed by atoms with Crippen molar-refractivity contribution in [1.29, 1.82) is 0 Å². The van der Waals surface area contributed by atoms with Crippen molar-refractivity contribution in [3.63, 3.8) is 0 Å². The second-order valence-corrected chi connectivity index (χ2v) is 10.4. The van der Waals surface area contributed by atoms with Crippen molar-refractivity contribution >= 4 is 33.3 Å². The van der Waals surface area contributed by atoms with Crippen LogP contribution in [-0.4, -0.2) is 26.1 Å². The molecule has 0 aliphatic rings. The first-order chi connectivity index (χ1) is 17.1. The molecule has 3 aromatic rings. The highest BCUT2D eigenvalue weighted by Gasteiger charge is 2.34. The third-order valence-corrected chi connectivity index (χ3v) is 7.95. The number of nitrogens with zero attached hydrogens (tertiary/aromatic N) is 1. The van der Waals surface area contributed by atoms with E-state index in [0.717, 1.165) is 22.5 Å². The van der Waals surface area contributed by atoms with E-state index in [9.17, 15) is 27.1 Å². The van der Waals surface area contributed by atoms with Crippen molar-refractivity contribution in [3.05, 3.63) is 89.0 Å². The number of hydrogen-bond acceptors (Lipinski definition) is 4. The van der Waals surface area contributed by atoms with Crippen molar-refractivity contribution in [3.8, 4) is 5.75 Å². The lowest BCUT2D eigenvalue weighted by Gasteiger charge is -2.32. The Labute approximate surface area is 214 Å². The van der Waals surface area contributed by atoms with E-state index in [1.165, 1.54) is 31.2 Å². The van der Waals surface area contributed by atoms with Gasteiger partial charge in [0.2, 0.25) is 0 Å². The first-order valence-corrected chi connectivity index (χ1v) is 13.1. The molecule has 0 radical (unpaired) electrons. The van der Waals surface area contributed by atoms with Crippen LogP contribution < -0.4 is 9.04 Å². The SMILES string of the molecule is CCC(CCOc1ccccc1C(C)N(c1cc(F)ccc1F)S(=O)(=O)c1ccc(Cl)cc1)C(=O)O. The van der Waals surface area contributed by atoms with Gasteiger partial charge in [0.05, 0.1) is 29.1 Å². The number of halogens is 3. The second kappa shape index (κ2) is 11.7. The van der Waals surface area contributed by atoms with Crippen molar-refractivity contribution < 1.29 is 31.8 Å². The highest BCUT2D eigenvalue weighted by Crippen LogP contribution is 2.38. The number of anilines is 1. The Bertz CT molecular complexity index is 1320. The zero-order valence-corrected chi connectivity index (χ0v) is 21.3. The first-order valence-electron chi connectivity index (χ1n) is 11.3. The monoisotopic (exact) mass is 537 g/mol. The molecule has 0 bridgehead atoms. The molecule has 192 valence electrons. The molecule has 0 aliphatic carbocycles. The van der Waals surface area contributed by atoms with E-state index in [1.807, 2.05) is 0 Å². The van der Waals surface area contributed by atoms with E-state index >= 15 is 0 Å². The van der Waals surface area contributed by atoms with Crippen molar-refractivity contribution in [1.82, 2.24) is 0 Å².